The zero-order valence-corrected chi connectivity index (χ0v) is 17.4. The first kappa shape index (κ1) is 22.5. The molecule has 1 unspecified atom stereocenters. The minimum absolute atomic E-state index is 0.000532. The zero-order valence-electron chi connectivity index (χ0n) is 17.4. The maximum absolute atomic E-state index is 14.0. The van der Waals surface area contributed by atoms with Gasteiger partial charge < -0.3 is 19.6 Å². The monoisotopic (exact) mass is 424 g/mol. The van der Waals surface area contributed by atoms with Crippen molar-refractivity contribution in [3.8, 4) is 5.75 Å². The largest absolute Gasteiger partial charge is 0.485 e. The molecule has 6 nitrogen and oxygen atoms in total. The number of carboxylic acids is 1. The van der Waals surface area contributed by atoms with Crippen LogP contribution >= 0.6 is 0 Å². The van der Waals surface area contributed by atoms with E-state index in [2.05, 4.69) is 4.90 Å². The molecule has 1 aromatic carbocycles. The summed E-state index contributed by atoms with van der Waals surface area (Å²) in [6.45, 7) is 4.65. The van der Waals surface area contributed by atoms with E-state index in [1.807, 2.05) is 11.8 Å². The highest BCUT2D eigenvalue weighted by Crippen LogP contribution is 2.28. The summed E-state index contributed by atoms with van der Waals surface area (Å²) >= 11 is 0. The number of amides is 1. The van der Waals surface area contributed by atoms with Crippen molar-refractivity contribution in [2.45, 2.75) is 57.6 Å². The highest BCUT2D eigenvalue weighted by Gasteiger charge is 2.37. The number of rotatable bonds is 8. The van der Waals surface area contributed by atoms with Crippen LogP contribution in [0, 0.1) is 17.6 Å². The number of carbonyl (C=O) groups excluding carboxylic acids is 1. The molecule has 2 heterocycles. The second-order valence-corrected chi connectivity index (χ2v) is 8.34. The van der Waals surface area contributed by atoms with Gasteiger partial charge in [-0.3, -0.25) is 9.59 Å². The van der Waals surface area contributed by atoms with Crippen LogP contribution in [-0.2, 0) is 9.59 Å². The summed E-state index contributed by atoms with van der Waals surface area (Å²) in [5, 5.41) is 8.97. The summed E-state index contributed by atoms with van der Waals surface area (Å²) in [5.41, 5.74) is 0. The molecule has 2 fully saturated rings. The Bertz CT molecular complexity index is 753. The number of hydrogen-bond acceptors (Lipinski definition) is 4. The van der Waals surface area contributed by atoms with Gasteiger partial charge in [0.2, 0.25) is 5.91 Å². The van der Waals surface area contributed by atoms with Gasteiger partial charge >= 0.3 is 5.97 Å². The van der Waals surface area contributed by atoms with Crippen molar-refractivity contribution >= 4 is 11.9 Å². The molecular weight excluding hydrogens is 394 g/mol. The third-order valence-electron chi connectivity index (χ3n) is 5.99. The van der Waals surface area contributed by atoms with Crippen LogP contribution in [0.1, 0.15) is 45.4 Å². The van der Waals surface area contributed by atoms with E-state index in [-0.39, 0.29) is 36.1 Å². The Morgan fingerprint density at radius 2 is 1.97 bits per heavy atom. The Balaban J connectivity index is 1.61. The van der Waals surface area contributed by atoms with Gasteiger partial charge in [-0.05, 0) is 50.4 Å². The van der Waals surface area contributed by atoms with Crippen molar-refractivity contribution in [2.24, 2.45) is 5.92 Å². The molecular formula is C22H30F2N2O4. The van der Waals surface area contributed by atoms with Crippen LogP contribution in [0.3, 0.4) is 0 Å². The van der Waals surface area contributed by atoms with Gasteiger partial charge in [0.1, 0.15) is 11.9 Å². The van der Waals surface area contributed by atoms with E-state index in [0.717, 1.165) is 44.5 Å². The number of carbonyl (C=O) groups is 2. The second kappa shape index (κ2) is 10.2. The Kier molecular flexibility index (Phi) is 7.64. The predicted molar refractivity (Wildman–Crippen MR) is 107 cm³/mol. The zero-order chi connectivity index (χ0) is 21.7. The van der Waals surface area contributed by atoms with Crippen molar-refractivity contribution in [1.29, 1.82) is 0 Å². The second-order valence-electron chi connectivity index (χ2n) is 8.34. The van der Waals surface area contributed by atoms with E-state index in [1.54, 1.807) is 0 Å². The fourth-order valence-electron chi connectivity index (χ4n) is 4.46. The topological polar surface area (TPSA) is 70.1 Å². The van der Waals surface area contributed by atoms with E-state index in [4.69, 9.17) is 9.84 Å². The van der Waals surface area contributed by atoms with Gasteiger partial charge in [-0.2, -0.15) is 0 Å². The Hall–Kier alpha value is -2.22. The molecule has 1 amide bonds. The number of nitrogens with zero attached hydrogens (tertiary/aromatic N) is 2. The van der Waals surface area contributed by atoms with E-state index in [1.165, 1.54) is 6.07 Å². The molecule has 2 aliphatic rings. The Labute approximate surface area is 175 Å². The quantitative estimate of drug-likeness (QED) is 0.694. The van der Waals surface area contributed by atoms with Crippen LogP contribution in [0.25, 0.3) is 0 Å². The minimum atomic E-state index is -0.756. The summed E-state index contributed by atoms with van der Waals surface area (Å²) in [6.07, 6.45) is 3.32. The number of aliphatic carboxylic acids is 1. The molecule has 0 radical (unpaired) electrons. The van der Waals surface area contributed by atoms with Crippen molar-refractivity contribution in [3.63, 3.8) is 0 Å². The van der Waals surface area contributed by atoms with Crippen molar-refractivity contribution < 1.29 is 28.2 Å². The average molecular weight is 424 g/mol. The molecule has 8 heteroatoms. The molecule has 2 saturated heterocycles. The van der Waals surface area contributed by atoms with E-state index < -0.39 is 17.6 Å². The van der Waals surface area contributed by atoms with Gasteiger partial charge in [0, 0.05) is 37.9 Å². The van der Waals surface area contributed by atoms with Crippen molar-refractivity contribution in [3.05, 3.63) is 29.8 Å². The predicted octanol–water partition coefficient (Wildman–Crippen LogP) is 3.30. The van der Waals surface area contributed by atoms with Gasteiger partial charge in [-0.25, -0.2) is 8.78 Å². The SMILES string of the molecule is CCCC(=O)N1C[C@@H](Oc2ccc(F)cc2F)CC1CN1CCC(CC(=O)O)CC1. The van der Waals surface area contributed by atoms with Gasteiger partial charge in [-0.15, -0.1) is 0 Å². The summed E-state index contributed by atoms with van der Waals surface area (Å²) in [5.74, 6) is -1.89. The normalized spacial score (nSPS) is 23.0. The molecule has 3 rings (SSSR count). The van der Waals surface area contributed by atoms with Crippen molar-refractivity contribution in [1.82, 2.24) is 9.80 Å². The Morgan fingerprint density at radius 3 is 2.60 bits per heavy atom. The van der Waals surface area contributed by atoms with Gasteiger partial charge in [0.15, 0.2) is 11.6 Å². The molecule has 1 N–H and O–H groups in total. The van der Waals surface area contributed by atoms with Gasteiger partial charge in [0.05, 0.1) is 6.54 Å². The number of ether oxygens (including phenoxy) is 1. The van der Waals surface area contributed by atoms with Crippen LogP contribution in [0.5, 0.6) is 5.75 Å². The molecule has 0 bridgehead atoms. The molecule has 0 spiro atoms. The first-order valence-corrected chi connectivity index (χ1v) is 10.7. The maximum Gasteiger partial charge on any atom is 0.303 e. The molecule has 166 valence electrons. The van der Waals surface area contributed by atoms with E-state index in [0.29, 0.717) is 25.9 Å². The average Bonchev–Trinajstić information content (AvgIpc) is 3.08. The lowest BCUT2D eigenvalue weighted by atomic mass is 9.93. The summed E-state index contributed by atoms with van der Waals surface area (Å²) in [7, 11) is 0. The maximum atomic E-state index is 14.0. The lowest BCUT2D eigenvalue weighted by molar-refractivity contribution is -0.138. The molecule has 1 aromatic rings. The highest BCUT2D eigenvalue weighted by atomic mass is 19.1. The number of likely N-dealkylation sites (tertiary alicyclic amines) is 2. The molecule has 0 aromatic heterocycles. The van der Waals surface area contributed by atoms with Crippen LogP contribution in [0.2, 0.25) is 0 Å². The molecule has 2 atom stereocenters. The Morgan fingerprint density at radius 1 is 1.23 bits per heavy atom. The highest BCUT2D eigenvalue weighted by molar-refractivity contribution is 5.77. The number of hydrogen-bond donors (Lipinski definition) is 1. The van der Waals surface area contributed by atoms with E-state index >= 15 is 0 Å². The number of halogens is 2. The van der Waals surface area contributed by atoms with Gasteiger partial charge in [0.25, 0.3) is 0 Å². The molecule has 0 aliphatic carbocycles. The summed E-state index contributed by atoms with van der Waals surface area (Å²) in [4.78, 5) is 27.7. The van der Waals surface area contributed by atoms with Crippen LogP contribution in [0.4, 0.5) is 8.78 Å². The lowest BCUT2D eigenvalue weighted by Gasteiger charge is -2.35. The fourth-order valence-corrected chi connectivity index (χ4v) is 4.46. The van der Waals surface area contributed by atoms with Crippen molar-refractivity contribution in [2.75, 3.05) is 26.2 Å². The van der Waals surface area contributed by atoms with Crippen LogP contribution < -0.4 is 4.74 Å². The smallest absolute Gasteiger partial charge is 0.303 e. The minimum Gasteiger partial charge on any atom is -0.485 e. The molecule has 2 aliphatic heterocycles. The number of piperidine rings is 1. The molecule has 0 saturated carbocycles. The van der Waals surface area contributed by atoms with Crippen LogP contribution in [-0.4, -0.2) is 65.1 Å². The summed E-state index contributed by atoms with van der Waals surface area (Å²) in [6, 6.07) is 3.20. The standard InChI is InChI=1S/C22H30F2N2O4/c1-2-3-21(27)26-14-18(30-20-5-4-16(23)11-19(20)24)12-17(26)13-25-8-6-15(7-9-25)10-22(28)29/h4-5,11,15,17-18H,2-3,6-10,12-14H2,1H3,(H,28,29)/t17?,18-/m0/s1. The van der Waals surface area contributed by atoms with E-state index in [9.17, 15) is 18.4 Å². The first-order chi connectivity index (χ1) is 14.4. The number of benzene rings is 1. The van der Waals surface area contributed by atoms with Gasteiger partial charge in [-0.1, -0.05) is 6.92 Å². The third-order valence-corrected chi connectivity index (χ3v) is 5.99. The fraction of sp³-hybridized carbons (Fsp3) is 0.636. The van der Waals surface area contributed by atoms with Crippen LogP contribution in [0.15, 0.2) is 18.2 Å². The first-order valence-electron chi connectivity index (χ1n) is 10.7. The lowest BCUT2D eigenvalue weighted by Crippen LogP contribution is -2.45. The number of carboxylic acid groups (broad SMARTS) is 1. The third kappa shape index (κ3) is 5.90. The molecule has 30 heavy (non-hydrogen) atoms. The summed E-state index contributed by atoms with van der Waals surface area (Å²) < 4.78 is 32.9.